The Kier molecular flexibility index (Phi) is 10.5. The first-order chi connectivity index (χ1) is 10.0. The number of carboxylic acids is 1. The zero-order chi connectivity index (χ0) is 16.1. The van der Waals surface area contributed by atoms with Gasteiger partial charge in [-0.25, -0.2) is 4.79 Å². The average molecular weight is 323 g/mol. The third-order valence-corrected chi connectivity index (χ3v) is 11.1. The van der Waals surface area contributed by atoms with Crippen LogP contribution in [0.5, 0.6) is 0 Å². The summed E-state index contributed by atoms with van der Waals surface area (Å²) in [7, 11) is -3.56. The SMILES string of the molecule is C=CC[SiH](CC=CC(=O)O)O[Si](CC=C)(CC=C)CC=C. The van der Waals surface area contributed by atoms with Crippen LogP contribution in [0, 0.1) is 0 Å². The fourth-order valence-corrected chi connectivity index (χ4v) is 10.1. The van der Waals surface area contributed by atoms with Crippen LogP contribution in [0.4, 0.5) is 0 Å². The van der Waals surface area contributed by atoms with E-state index < -0.39 is 23.3 Å². The Morgan fingerprint density at radius 3 is 1.90 bits per heavy atom. The van der Waals surface area contributed by atoms with Crippen molar-refractivity contribution in [2.45, 2.75) is 30.2 Å². The van der Waals surface area contributed by atoms with Crippen LogP contribution in [0.1, 0.15) is 0 Å². The van der Waals surface area contributed by atoms with Crippen molar-refractivity contribution >= 4 is 23.3 Å². The van der Waals surface area contributed by atoms with Crippen LogP contribution in [0.25, 0.3) is 0 Å². The maximum Gasteiger partial charge on any atom is 0.327 e. The van der Waals surface area contributed by atoms with Gasteiger partial charge in [-0.05, 0) is 30.2 Å². The van der Waals surface area contributed by atoms with Gasteiger partial charge in [0.25, 0.3) is 0 Å². The van der Waals surface area contributed by atoms with Crippen LogP contribution in [-0.4, -0.2) is 28.4 Å². The molecule has 21 heavy (non-hydrogen) atoms. The second-order valence-electron chi connectivity index (χ2n) is 4.90. The van der Waals surface area contributed by atoms with Crippen molar-refractivity contribution in [3.63, 3.8) is 0 Å². The van der Waals surface area contributed by atoms with E-state index in [4.69, 9.17) is 9.22 Å². The van der Waals surface area contributed by atoms with Crippen molar-refractivity contribution in [2.75, 3.05) is 0 Å². The summed E-state index contributed by atoms with van der Waals surface area (Å²) in [5.41, 5.74) is 0. The fourth-order valence-electron chi connectivity index (χ4n) is 2.24. The Morgan fingerprint density at radius 1 is 1.00 bits per heavy atom. The summed E-state index contributed by atoms with van der Waals surface area (Å²) in [4.78, 5) is 10.6. The van der Waals surface area contributed by atoms with Gasteiger partial charge in [-0.3, -0.25) is 0 Å². The molecule has 1 atom stereocenters. The van der Waals surface area contributed by atoms with Gasteiger partial charge in [-0.1, -0.05) is 30.4 Å². The van der Waals surface area contributed by atoms with E-state index in [0.717, 1.165) is 24.2 Å². The van der Waals surface area contributed by atoms with Crippen LogP contribution < -0.4 is 0 Å². The maximum atomic E-state index is 10.6. The van der Waals surface area contributed by atoms with Gasteiger partial charge >= 0.3 is 5.97 Å². The van der Waals surface area contributed by atoms with Crippen molar-refractivity contribution < 1.29 is 14.0 Å². The molecule has 116 valence electrons. The molecule has 0 aliphatic carbocycles. The Morgan fingerprint density at radius 2 is 1.52 bits per heavy atom. The minimum absolute atomic E-state index is 0.693. The summed E-state index contributed by atoms with van der Waals surface area (Å²) in [5.74, 6) is -0.923. The molecule has 0 aromatic carbocycles. The van der Waals surface area contributed by atoms with Gasteiger partial charge in [0.2, 0.25) is 0 Å². The van der Waals surface area contributed by atoms with Crippen LogP contribution >= 0.6 is 0 Å². The molecule has 0 saturated heterocycles. The van der Waals surface area contributed by atoms with Gasteiger partial charge in [0.15, 0.2) is 17.4 Å². The first-order valence-corrected chi connectivity index (χ1v) is 11.7. The summed E-state index contributed by atoms with van der Waals surface area (Å²) in [6.07, 6.45) is 10.5. The molecule has 0 aliphatic rings. The van der Waals surface area contributed by atoms with Crippen molar-refractivity contribution in [1.29, 1.82) is 0 Å². The van der Waals surface area contributed by atoms with Gasteiger partial charge in [0.05, 0.1) is 0 Å². The lowest BCUT2D eigenvalue weighted by Gasteiger charge is -2.33. The summed E-state index contributed by atoms with van der Waals surface area (Å²) in [6, 6.07) is 4.08. The zero-order valence-electron chi connectivity index (χ0n) is 12.7. The number of aliphatic carboxylic acids is 1. The number of hydrogen-bond acceptors (Lipinski definition) is 2. The Balaban J connectivity index is 5.03. The average Bonchev–Trinajstić information content (AvgIpc) is 2.39. The van der Waals surface area contributed by atoms with Crippen molar-refractivity contribution in [3.05, 3.63) is 62.8 Å². The van der Waals surface area contributed by atoms with E-state index in [1.54, 1.807) is 6.08 Å². The molecule has 3 nitrogen and oxygen atoms in total. The van der Waals surface area contributed by atoms with Crippen LogP contribution in [-0.2, 0) is 8.91 Å². The van der Waals surface area contributed by atoms with Gasteiger partial charge in [-0.15, -0.1) is 26.3 Å². The molecule has 0 bridgehead atoms. The minimum atomic E-state index is -1.99. The van der Waals surface area contributed by atoms with E-state index in [0.29, 0.717) is 6.04 Å². The summed E-state index contributed by atoms with van der Waals surface area (Å²) in [6.45, 7) is 15.3. The van der Waals surface area contributed by atoms with Crippen molar-refractivity contribution in [3.8, 4) is 0 Å². The molecule has 0 rings (SSSR count). The molecular weight excluding hydrogens is 296 g/mol. The molecule has 0 amide bonds. The molecule has 0 aliphatic heterocycles. The van der Waals surface area contributed by atoms with Gasteiger partial charge in [-0.2, -0.15) is 0 Å². The highest BCUT2D eigenvalue weighted by atomic mass is 28.4. The molecule has 1 unspecified atom stereocenters. The molecule has 1 N–H and O–H groups in total. The van der Waals surface area contributed by atoms with Crippen molar-refractivity contribution in [2.24, 2.45) is 0 Å². The molecular formula is C16H26O3Si2. The molecule has 0 radical (unpaired) electrons. The second kappa shape index (κ2) is 11.2. The molecule has 0 aromatic rings. The lowest BCUT2D eigenvalue weighted by atomic mass is 10.5. The molecule has 5 heteroatoms. The van der Waals surface area contributed by atoms with E-state index in [9.17, 15) is 4.79 Å². The van der Waals surface area contributed by atoms with Crippen LogP contribution in [0.15, 0.2) is 62.8 Å². The third-order valence-electron chi connectivity index (χ3n) is 3.05. The summed E-state index contributed by atoms with van der Waals surface area (Å²) >= 11 is 0. The Labute approximate surface area is 130 Å². The van der Waals surface area contributed by atoms with E-state index in [2.05, 4.69) is 26.3 Å². The van der Waals surface area contributed by atoms with Crippen LogP contribution in [0.2, 0.25) is 30.2 Å². The molecule has 0 fully saturated rings. The smallest absolute Gasteiger partial charge is 0.327 e. The number of carboxylic acid groups (broad SMARTS) is 1. The molecule has 0 saturated carbocycles. The van der Waals surface area contributed by atoms with Crippen LogP contribution in [0.3, 0.4) is 0 Å². The first kappa shape index (κ1) is 19.6. The van der Waals surface area contributed by atoms with Gasteiger partial charge in [0.1, 0.15) is 0 Å². The zero-order valence-corrected chi connectivity index (χ0v) is 14.8. The van der Waals surface area contributed by atoms with E-state index >= 15 is 0 Å². The minimum Gasteiger partial charge on any atom is -0.478 e. The standard InChI is InChI=1S/C16H26O3Si2/c1-5-11-20(12-9-10-16(17)18)19-21(13-6-2,14-7-3)15-8-4/h5-10,20H,1-4,11-15H2,(H,17,18). The third kappa shape index (κ3) is 8.44. The highest BCUT2D eigenvalue weighted by Crippen LogP contribution is 2.27. The Hall–Kier alpha value is -1.44. The number of carbonyl (C=O) groups is 1. The lowest BCUT2D eigenvalue weighted by Crippen LogP contribution is -2.42. The molecule has 0 spiro atoms. The second-order valence-corrected chi connectivity index (χ2v) is 11.6. The van der Waals surface area contributed by atoms with Crippen molar-refractivity contribution in [1.82, 2.24) is 0 Å². The quantitative estimate of drug-likeness (QED) is 0.316. The topological polar surface area (TPSA) is 46.5 Å². The van der Waals surface area contributed by atoms with Gasteiger partial charge in [0, 0.05) is 6.08 Å². The normalized spacial score (nSPS) is 12.8. The Bertz CT molecular complexity index is 376. The first-order valence-electron chi connectivity index (χ1n) is 7.04. The number of hydrogen-bond donors (Lipinski definition) is 1. The predicted octanol–water partition coefficient (Wildman–Crippen LogP) is 4.06. The van der Waals surface area contributed by atoms with E-state index in [-0.39, 0.29) is 0 Å². The monoisotopic (exact) mass is 322 g/mol. The molecule has 0 aromatic heterocycles. The molecule has 0 heterocycles. The number of allylic oxidation sites excluding steroid dienone is 5. The highest BCUT2D eigenvalue weighted by molar-refractivity contribution is 6.81. The predicted molar refractivity (Wildman–Crippen MR) is 95.6 cm³/mol. The lowest BCUT2D eigenvalue weighted by molar-refractivity contribution is -0.131. The summed E-state index contributed by atoms with van der Waals surface area (Å²) in [5, 5.41) is 8.68. The largest absolute Gasteiger partial charge is 0.478 e. The fraction of sp³-hybridized carbons (Fsp3) is 0.312. The highest BCUT2D eigenvalue weighted by Gasteiger charge is 2.33. The van der Waals surface area contributed by atoms with E-state index in [1.165, 1.54) is 6.08 Å². The van der Waals surface area contributed by atoms with E-state index in [1.807, 2.05) is 24.3 Å². The number of rotatable bonds is 13. The van der Waals surface area contributed by atoms with Gasteiger partial charge < -0.3 is 9.22 Å². The maximum absolute atomic E-state index is 10.6. The summed E-state index contributed by atoms with van der Waals surface area (Å²) < 4.78 is 6.53.